The lowest BCUT2D eigenvalue weighted by molar-refractivity contribution is 0.0702. The standard InChI is InChI=1S/C20H20FN3O3S3/c1-13-3-8-17(28-13)30(26,27)24-11-9-23(10-12-24)20(25)18-14(2)22-19(29-18)15-4-6-16(21)7-5-15/h3-8H,9-12H2,1-2H3. The smallest absolute Gasteiger partial charge is 0.265 e. The lowest BCUT2D eigenvalue weighted by atomic mass is 10.2. The molecule has 3 heterocycles. The maximum Gasteiger partial charge on any atom is 0.265 e. The molecule has 10 heteroatoms. The van der Waals surface area contributed by atoms with E-state index in [0.29, 0.717) is 32.9 Å². The highest BCUT2D eigenvalue weighted by atomic mass is 32.2. The molecule has 0 radical (unpaired) electrons. The molecule has 1 amide bonds. The summed E-state index contributed by atoms with van der Waals surface area (Å²) in [5.74, 6) is -0.476. The zero-order valence-electron chi connectivity index (χ0n) is 16.5. The first kappa shape index (κ1) is 21.1. The average Bonchev–Trinajstić information content (AvgIpc) is 3.34. The van der Waals surface area contributed by atoms with Crippen molar-refractivity contribution in [2.75, 3.05) is 26.2 Å². The van der Waals surface area contributed by atoms with Gasteiger partial charge in [-0.1, -0.05) is 0 Å². The van der Waals surface area contributed by atoms with Gasteiger partial charge in [0, 0.05) is 36.6 Å². The highest BCUT2D eigenvalue weighted by molar-refractivity contribution is 7.91. The fraction of sp³-hybridized carbons (Fsp3) is 0.300. The summed E-state index contributed by atoms with van der Waals surface area (Å²) in [5, 5.41) is 0.658. The summed E-state index contributed by atoms with van der Waals surface area (Å²) < 4.78 is 40.5. The molecule has 0 N–H and O–H groups in total. The number of carbonyl (C=O) groups is 1. The van der Waals surface area contributed by atoms with Crippen LogP contribution in [0, 0.1) is 19.7 Å². The fourth-order valence-electron chi connectivity index (χ4n) is 3.26. The monoisotopic (exact) mass is 465 g/mol. The van der Waals surface area contributed by atoms with E-state index in [1.54, 1.807) is 36.1 Å². The topological polar surface area (TPSA) is 70.6 Å². The molecular weight excluding hydrogens is 445 g/mol. The maximum atomic E-state index is 13.2. The molecule has 1 aromatic carbocycles. The van der Waals surface area contributed by atoms with Gasteiger partial charge in [0.15, 0.2) is 0 Å². The first-order chi connectivity index (χ1) is 14.3. The number of thiophene rings is 1. The third-order valence-electron chi connectivity index (χ3n) is 4.92. The van der Waals surface area contributed by atoms with Crippen molar-refractivity contribution < 1.29 is 17.6 Å². The van der Waals surface area contributed by atoms with Gasteiger partial charge < -0.3 is 4.90 Å². The number of piperazine rings is 1. The molecule has 0 aliphatic carbocycles. The molecule has 2 aromatic heterocycles. The Bertz CT molecular complexity index is 1180. The molecule has 0 atom stereocenters. The van der Waals surface area contributed by atoms with Gasteiger partial charge in [0.25, 0.3) is 15.9 Å². The second kappa shape index (κ2) is 8.18. The van der Waals surface area contributed by atoms with Crippen molar-refractivity contribution in [2.24, 2.45) is 0 Å². The van der Waals surface area contributed by atoms with Crippen LogP contribution in [-0.4, -0.2) is 54.7 Å². The summed E-state index contributed by atoms with van der Waals surface area (Å²) in [6.45, 7) is 4.81. The van der Waals surface area contributed by atoms with Crippen molar-refractivity contribution in [3.05, 3.63) is 57.7 Å². The lowest BCUT2D eigenvalue weighted by Gasteiger charge is -2.33. The first-order valence-corrected chi connectivity index (χ1v) is 12.4. The SMILES string of the molecule is Cc1ccc(S(=O)(=O)N2CCN(C(=O)c3sc(-c4ccc(F)cc4)nc3C)CC2)s1. The number of thiazole rings is 1. The van der Waals surface area contributed by atoms with E-state index in [1.165, 1.54) is 39.1 Å². The number of aryl methyl sites for hydroxylation is 2. The van der Waals surface area contributed by atoms with Crippen molar-refractivity contribution in [3.63, 3.8) is 0 Å². The van der Waals surface area contributed by atoms with Crippen LogP contribution in [0.1, 0.15) is 20.2 Å². The van der Waals surface area contributed by atoms with E-state index in [0.717, 1.165) is 10.4 Å². The fourth-order valence-corrected chi connectivity index (χ4v) is 7.16. The van der Waals surface area contributed by atoms with Gasteiger partial charge in [-0.05, 0) is 50.2 Å². The van der Waals surface area contributed by atoms with Crippen molar-refractivity contribution >= 4 is 38.6 Å². The number of nitrogens with zero attached hydrogens (tertiary/aromatic N) is 3. The minimum absolute atomic E-state index is 0.151. The quantitative estimate of drug-likeness (QED) is 0.588. The van der Waals surface area contributed by atoms with Gasteiger partial charge in [0.05, 0.1) is 5.69 Å². The molecule has 1 saturated heterocycles. The average molecular weight is 466 g/mol. The highest BCUT2D eigenvalue weighted by Gasteiger charge is 2.32. The molecule has 0 spiro atoms. The van der Waals surface area contributed by atoms with Crippen LogP contribution < -0.4 is 0 Å². The van der Waals surface area contributed by atoms with E-state index >= 15 is 0 Å². The van der Waals surface area contributed by atoms with Crippen LogP contribution in [0.25, 0.3) is 10.6 Å². The van der Waals surface area contributed by atoms with Crippen LogP contribution in [0.4, 0.5) is 4.39 Å². The van der Waals surface area contributed by atoms with Crippen LogP contribution >= 0.6 is 22.7 Å². The Morgan fingerprint density at radius 2 is 1.67 bits per heavy atom. The second-order valence-corrected chi connectivity index (χ2v) is 11.5. The number of benzene rings is 1. The van der Waals surface area contributed by atoms with E-state index in [2.05, 4.69) is 4.98 Å². The molecule has 1 aliphatic heterocycles. The predicted octanol–water partition coefficient (Wildman–Crippen LogP) is 3.77. The number of hydrogen-bond donors (Lipinski definition) is 0. The summed E-state index contributed by atoms with van der Waals surface area (Å²) in [4.78, 5) is 20.6. The summed E-state index contributed by atoms with van der Waals surface area (Å²) >= 11 is 2.53. The molecule has 0 bridgehead atoms. The molecule has 158 valence electrons. The summed E-state index contributed by atoms with van der Waals surface area (Å²) in [7, 11) is -3.53. The Morgan fingerprint density at radius 3 is 2.27 bits per heavy atom. The van der Waals surface area contributed by atoms with Crippen LogP contribution in [0.2, 0.25) is 0 Å². The minimum Gasteiger partial charge on any atom is -0.335 e. The van der Waals surface area contributed by atoms with Gasteiger partial charge >= 0.3 is 0 Å². The van der Waals surface area contributed by atoms with Crippen LogP contribution in [0.5, 0.6) is 0 Å². The molecular formula is C20H20FN3O3S3. The summed E-state index contributed by atoms with van der Waals surface area (Å²) in [6.07, 6.45) is 0. The Balaban J connectivity index is 1.46. The number of rotatable bonds is 4. The Labute approximate surface area is 182 Å². The molecule has 6 nitrogen and oxygen atoms in total. The zero-order chi connectivity index (χ0) is 21.5. The maximum absolute atomic E-state index is 13.2. The Hall–Kier alpha value is -2.14. The largest absolute Gasteiger partial charge is 0.335 e. The summed E-state index contributed by atoms with van der Waals surface area (Å²) in [5.41, 5.74) is 1.37. The minimum atomic E-state index is -3.53. The number of halogens is 1. The van der Waals surface area contributed by atoms with Gasteiger partial charge in [-0.15, -0.1) is 22.7 Å². The van der Waals surface area contributed by atoms with Crippen molar-refractivity contribution in [1.82, 2.24) is 14.2 Å². The number of amides is 1. The number of carbonyl (C=O) groups excluding carboxylic acids is 1. The normalized spacial score (nSPS) is 15.5. The Kier molecular flexibility index (Phi) is 5.75. The van der Waals surface area contributed by atoms with Crippen molar-refractivity contribution in [1.29, 1.82) is 0 Å². The molecule has 0 unspecified atom stereocenters. The predicted molar refractivity (Wildman–Crippen MR) is 116 cm³/mol. The second-order valence-electron chi connectivity index (χ2n) is 7.00. The molecule has 1 fully saturated rings. The van der Waals surface area contributed by atoms with Gasteiger partial charge in [0.2, 0.25) is 0 Å². The van der Waals surface area contributed by atoms with E-state index < -0.39 is 10.0 Å². The van der Waals surface area contributed by atoms with Crippen LogP contribution in [0.15, 0.2) is 40.6 Å². The van der Waals surface area contributed by atoms with E-state index in [9.17, 15) is 17.6 Å². The summed E-state index contributed by atoms with van der Waals surface area (Å²) in [6, 6.07) is 9.42. The lowest BCUT2D eigenvalue weighted by Crippen LogP contribution is -2.50. The highest BCUT2D eigenvalue weighted by Crippen LogP contribution is 2.30. The van der Waals surface area contributed by atoms with E-state index in [-0.39, 0.29) is 24.8 Å². The third kappa shape index (κ3) is 4.04. The zero-order valence-corrected chi connectivity index (χ0v) is 18.9. The molecule has 1 aliphatic rings. The van der Waals surface area contributed by atoms with Crippen LogP contribution in [0.3, 0.4) is 0 Å². The molecule has 4 rings (SSSR count). The van der Waals surface area contributed by atoms with Gasteiger partial charge in [0.1, 0.15) is 19.9 Å². The molecule has 0 saturated carbocycles. The van der Waals surface area contributed by atoms with Crippen molar-refractivity contribution in [2.45, 2.75) is 18.1 Å². The van der Waals surface area contributed by atoms with Crippen LogP contribution in [-0.2, 0) is 10.0 Å². The van der Waals surface area contributed by atoms with Gasteiger partial charge in [-0.2, -0.15) is 4.31 Å². The Morgan fingerprint density at radius 1 is 1.00 bits per heavy atom. The van der Waals surface area contributed by atoms with E-state index in [1.807, 2.05) is 6.92 Å². The number of aromatic nitrogens is 1. The van der Waals surface area contributed by atoms with Gasteiger partial charge in [-0.3, -0.25) is 4.79 Å². The number of sulfonamides is 1. The molecule has 30 heavy (non-hydrogen) atoms. The van der Waals surface area contributed by atoms with E-state index in [4.69, 9.17) is 0 Å². The third-order valence-corrected chi connectivity index (χ3v) is 9.48. The first-order valence-electron chi connectivity index (χ1n) is 9.35. The molecule has 3 aromatic rings. The number of hydrogen-bond acceptors (Lipinski definition) is 6. The van der Waals surface area contributed by atoms with Crippen molar-refractivity contribution in [3.8, 4) is 10.6 Å². The van der Waals surface area contributed by atoms with Gasteiger partial charge in [-0.25, -0.2) is 17.8 Å².